The lowest BCUT2D eigenvalue weighted by Crippen LogP contribution is -2.38. The van der Waals surface area contributed by atoms with Crippen molar-refractivity contribution in [2.24, 2.45) is 4.99 Å². The van der Waals surface area contributed by atoms with E-state index in [2.05, 4.69) is 15.6 Å². The highest BCUT2D eigenvalue weighted by Crippen LogP contribution is 2.15. The van der Waals surface area contributed by atoms with E-state index in [4.69, 9.17) is 4.74 Å². The Balaban J connectivity index is 0.00000392. The molecule has 0 radical (unpaired) electrons. The predicted molar refractivity (Wildman–Crippen MR) is 125 cm³/mol. The maximum Gasteiger partial charge on any atom is 0.253 e. The smallest absolute Gasteiger partial charge is 0.253 e. The molecule has 0 heterocycles. The molecule has 2 N–H and O–H groups in total. The highest BCUT2D eigenvalue weighted by molar-refractivity contribution is 14.0. The number of hydrogen-bond acceptors (Lipinski definition) is 3. The second-order valence-corrected chi connectivity index (χ2v) is 6.36. The van der Waals surface area contributed by atoms with Crippen molar-refractivity contribution in [3.8, 4) is 5.75 Å². The number of amides is 1. The first kappa shape index (κ1) is 23.7. The van der Waals surface area contributed by atoms with Crippen LogP contribution in [0.25, 0.3) is 0 Å². The number of para-hydroxylation sites is 1. The summed E-state index contributed by atoms with van der Waals surface area (Å²) < 4.78 is 5.77. The predicted octanol–water partition coefficient (Wildman–Crippen LogP) is 3.06. The van der Waals surface area contributed by atoms with Gasteiger partial charge in [0.15, 0.2) is 5.96 Å². The van der Waals surface area contributed by atoms with Crippen molar-refractivity contribution >= 4 is 35.8 Å². The van der Waals surface area contributed by atoms with Crippen molar-refractivity contribution in [2.75, 3.05) is 34.3 Å². The zero-order valence-corrected chi connectivity index (χ0v) is 19.2. The minimum absolute atomic E-state index is 0. The number of ether oxygens (including phenoxy) is 1. The third-order valence-electron chi connectivity index (χ3n) is 4.04. The van der Waals surface area contributed by atoms with Crippen LogP contribution in [0.2, 0.25) is 0 Å². The fourth-order valence-corrected chi connectivity index (χ4v) is 2.48. The van der Waals surface area contributed by atoms with E-state index in [1.54, 1.807) is 26.0 Å². The van der Waals surface area contributed by atoms with Gasteiger partial charge in [-0.15, -0.1) is 24.0 Å². The summed E-state index contributed by atoms with van der Waals surface area (Å²) in [7, 11) is 5.23. The monoisotopic (exact) mass is 496 g/mol. The molecule has 0 aliphatic carbocycles. The van der Waals surface area contributed by atoms with Gasteiger partial charge in [-0.2, -0.15) is 0 Å². The van der Waals surface area contributed by atoms with Gasteiger partial charge in [-0.1, -0.05) is 30.3 Å². The Bertz CT molecular complexity index is 776. The fraction of sp³-hybridized carbons (Fsp3) is 0.333. The molecule has 0 bridgehead atoms. The van der Waals surface area contributed by atoms with E-state index < -0.39 is 0 Å². The lowest BCUT2D eigenvalue weighted by atomic mass is 10.1. The third-order valence-corrected chi connectivity index (χ3v) is 4.04. The molecular formula is C21H29IN4O2. The van der Waals surface area contributed by atoms with Crippen molar-refractivity contribution in [1.29, 1.82) is 0 Å². The first-order valence-electron chi connectivity index (χ1n) is 8.95. The number of halogens is 1. The Hall–Kier alpha value is -2.29. The largest absolute Gasteiger partial charge is 0.491 e. The molecule has 1 amide bonds. The van der Waals surface area contributed by atoms with Gasteiger partial charge in [-0.25, -0.2) is 0 Å². The standard InChI is InChI=1S/C21H28N4O2.HI/c1-16-7-5-6-8-19(16)27-14-13-23-21(22-2)24-15-17-9-11-18(12-10-17)20(26)25(3)4;/h5-12H,13-15H2,1-4H3,(H2,22,23,24);1H. The molecule has 2 aromatic carbocycles. The molecule has 2 aromatic rings. The average molecular weight is 496 g/mol. The van der Waals surface area contributed by atoms with Gasteiger partial charge in [0.05, 0.1) is 6.54 Å². The lowest BCUT2D eigenvalue weighted by Gasteiger charge is -2.14. The van der Waals surface area contributed by atoms with Gasteiger partial charge in [0.2, 0.25) is 0 Å². The van der Waals surface area contributed by atoms with Crippen LogP contribution >= 0.6 is 24.0 Å². The van der Waals surface area contributed by atoms with E-state index in [0.717, 1.165) is 16.9 Å². The maximum absolute atomic E-state index is 11.9. The molecule has 0 aromatic heterocycles. The zero-order valence-electron chi connectivity index (χ0n) is 16.9. The number of hydrogen-bond donors (Lipinski definition) is 2. The molecule has 0 spiro atoms. The van der Waals surface area contributed by atoms with E-state index >= 15 is 0 Å². The zero-order chi connectivity index (χ0) is 19.6. The first-order chi connectivity index (χ1) is 13.0. The van der Waals surface area contributed by atoms with Gasteiger partial charge < -0.3 is 20.3 Å². The Morgan fingerprint density at radius 1 is 1.07 bits per heavy atom. The molecule has 28 heavy (non-hydrogen) atoms. The summed E-state index contributed by atoms with van der Waals surface area (Å²) in [5, 5.41) is 6.48. The van der Waals surface area contributed by atoms with Crippen LogP contribution in [0.4, 0.5) is 0 Å². The van der Waals surface area contributed by atoms with Crippen molar-refractivity contribution in [1.82, 2.24) is 15.5 Å². The number of carbonyl (C=O) groups is 1. The summed E-state index contributed by atoms with van der Waals surface area (Å²) in [6.45, 7) is 3.84. The Morgan fingerprint density at radius 2 is 1.75 bits per heavy atom. The second kappa shape index (κ2) is 12.2. The third kappa shape index (κ3) is 7.38. The van der Waals surface area contributed by atoms with E-state index in [9.17, 15) is 4.79 Å². The van der Waals surface area contributed by atoms with Crippen LogP contribution in [0.15, 0.2) is 53.5 Å². The van der Waals surface area contributed by atoms with Crippen LogP contribution in [0.3, 0.4) is 0 Å². The van der Waals surface area contributed by atoms with E-state index in [1.165, 1.54) is 0 Å². The Labute approximate surface area is 184 Å². The molecule has 6 nitrogen and oxygen atoms in total. The molecule has 152 valence electrons. The van der Waals surface area contributed by atoms with Crippen LogP contribution in [0.5, 0.6) is 5.75 Å². The van der Waals surface area contributed by atoms with E-state index in [0.29, 0.717) is 31.2 Å². The summed E-state index contributed by atoms with van der Waals surface area (Å²) in [6, 6.07) is 15.5. The summed E-state index contributed by atoms with van der Waals surface area (Å²) in [6.07, 6.45) is 0. The molecule has 7 heteroatoms. The van der Waals surface area contributed by atoms with Gasteiger partial charge in [-0.05, 0) is 36.2 Å². The molecule has 0 saturated heterocycles. The van der Waals surface area contributed by atoms with Gasteiger partial charge in [0.1, 0.15) is 12.4 Å². The SMILES string of the molecule is CN=C(NCCOc1ccccc1C)NCc1ccc(C(=O)N(C)C)cc1.I. The Kier molecular flexibility index (Phi) is 10.4. The summed E-state index contributed by atoms with van der Waals surface area (Å²) in [5.74, 6) is 1.60. The highest BCUT2D eigenvalue weighted by Gasteiger charge is 2.07. The molecule has 2 rings (SSSR count). The Morgan fingerprint density at radius 3 is 2.36 bits per heavy atom. The molecule has 0 fully saturated rings. The number of carbonyl (C=O) groups excluding carboxylic acids is 1. The van der Waals surface area contributed by atoms with Crippen molar-refractivity contribution in [3.05, 3.63) is 65.2 Å². The molecule has 0 atom stereocenters. The fourth-order valence-electron chi connectivity index (χ4n) is 2.48. The van der Waals surface area contributed by atoms with Crippen molar-refractivity contribution < 1.29 is 9.53 Å². The van der Waals surface area contributed by atoms with Crippen molar-refractivity contribution in [3.63, 3.8) is 0 Å². The molecular weight excluding hydrogens is 467 g/mol. The van der Waals surface area contributed by atoms with E-state index in [-0.39, 0.29) is 29.9 Å². The van der Waals surface area contributed by atoms with Crippen LogP contribution in [0, 0.1) is 6.92 Å². The topological polar surface area (TPSA) is 66.0 Å². The lowest BCUT2D eigenvalue weighted by molar-refractivity contribution is 0.0827. The number of benzene rings is 2. The second-order valence-electron chi connectivity index (χ2n) is 6.36. The van der Waals surface area contributed by atoms with Crippen LogP contribution in [-0.2, 0) is 6.54 Å². The van der Waals surface area contributed by atoms with Crippen LogP contribution in [-0.4, -0.2) is 51.1 Å². The number of aliphatic imine (C=N–C) groups is 1. The molecule has 0 aliphatic heterocycles. The number of aryl methyl sites for hydroxylation is 1. The summed E-state index contributed by atoms with van der Waals surface area (Å²) >= 11 is 0. The number of nitrogens with zero attached hydrogens (tertiary/aromatic N) is 2. The summed E-state index contributed by atoms with van der Waals surface area (Å²) in [4.78, 5) is 17.7. The van der Waals surface area contributed by atoms with Gasteiger partial charge in [0, 0.05) is 33.3 Å². The number of rotatable bonds is 7. The average Bonchev–Trinajstić information content (AvgIpc) is 2.68. The highest BCUT2D eigenvalue weighted by atomic mass is 127. The number of guanidine groups is 1. The van der Waals surface area contributed by atoms with Crippen molar-refractivity contribution in [2.45, 2.75) is 13.5 Å². The van der Waals surface area contributed by atoms with Crippen LogP contribution in [0.1, 0.15) is 21.5 Å². The molecule has 0 unspecified atom stereocenters. The van der Waals surface area contributed by atoms with E-state index in [1.807, 2.05) is 55.5 Å². The first-order valence-corrected chi connectivity index (χ1v) is 8.95. The quantitative estimate of drug-likeness (QED) is 0.268. The van der Waals surface area contributed by atoms with Gasteiger partial charge in [0.25, 0.3) is 5.91 Å². The molecule has 0 aliphatic rings. The van der Waals surface area contributed by atoms with Gasteiger partial charge in [-0.3, -0.25) is 9.79 Å². The van der Waals surface area contributed by atoms with Crippen LogP contribution < -0.4 is 15.4 Å². The maximum atomic E-state index is 11.9. The molecule has 0 saturated carbocycles. The minimum atomic E-state index is 0. The van der Waals surface area contributed by atoms with Gasteiger partial charge >= 0.3 is 0 Å². The summed E-state index contributed by atoms with van der Waals surface area (Å²) in [5.41, 5.74) is 2.88. The normalized spacial score (nSPS) is 10.6. The number of nitrogens with one attached hydrogen (secondary N) is 2. The minimum Gasteiger partial charge on any atom is -0.491 e.